The quantitative estimate of drug-likeness (QED) is 0.771. The molecular weight excluding hydrogens is 192 g/mol. The first-order chi connectivity index (χ1) is 6.59. The summed E-state index contributed by atoms with van der Waals surface area (Å²) in [6.45, 7) is 10.5. The molecule has 0 aliphatic carbocycles. The predicted molar refractivity (Wildman–Crippen MR) is 66.1 cm³/mol. The van der Waals surface area contributed by atoms with Gasteiger partial charge < -0.3 is 5.32 Å². The van der Waals surface area contributed by atoms with Crippen molar-refractivity contribution in [1.82, 2.24) is 10.2 Å². The third kappa shape index (κ3) is 3.44. The molecule has 1 unspecified atom stereocenters. The molecule has 0 aromatic heterocycles. The third-order valence-electron chi connectivity index (χ3n) is 2.98. The van der Waals surface area contributed by atoms with E-state index in [1.54, 1.807) is 0 Å². The van der Waals surface area contributed by atoms with E-state index in [1.165, 1.54) is 25.3 Å². The van der Waals surface area contributed by atoms with Gasteiger partial charge in [0.05, 0.1) is 0 Å². The van der Waals surface area contributed by atoms with Crippen molar-refractivity contribution >= 4 is 11.8 Å². The summed E-state index contributed by atoms with van der Waals surface area (Å²) in [6, 6.07) is 0.746. The monoisotopic (exact) mass is 216 g/mol. The zero-order valence-corrected chi connectivity index (χ0v) is 10.8. The van der Waals surface area contributed by atoms with Crippen LogP contribution in [-0.4, -0.2) is 48.1 Å². The van der Waals surface area contributed by atoms with Crippen LogP contribution < -0.4 is 5.32 Å². The van der Waals surface area contributed by atoms with Gasteiger partial charge in [0.25, 0.3) is 0 Å². The molecule has 0 bridgehead atoms. The Morgan fingerprint density at radius 1 is 1.50 bits per heavy atom. The Morgan fingerprint density at radius 3 is 2.79 bits per heavy atom. The van der Waals surface area contributed by atoms with Crippen LogP contribution >= 0.6 is 11.8 Å². The van der Waals surface area contributed by atoms with Crippen molar-refractivity contribution in [2.75, 3.05) is 31.6 Å². The topological polar surface area (TPSA) is 15.3 Å². The van der Waals surface area contributed by atoms with Gasteiger partial charge in [0.1, 0.15) is 0 Å². The van der Waals surface area contributed by atoms with Crippen LogP contribution in [0.5, 0.6) is 0 Å². The smallest absolute Gasteiger partial charge is 0.0252 e. The molecule has 0 spiro atoms. The van der Waals surface area contributed by atoms with E-state index >= 15 is 0 Å². The second kappa shape index (κ2) is 5.38. The maximum atomic E-state index is 3.62. The van der Waals surface area contributed by atoms with Crippen LogP contribution in [0.25, 0.3) is 0 Å². The molecule has 1 fully saturated rings. The Morgan fingerprint density at radius 2 is 2.21 bits per heavy atom. The van der Waals surface area contributed by atoms with Crippen LogP contribution in [-0.2, 0) is 0 Å². The molecular formula is C11H24N2S. The SMILES string of the molecule is CCC1CNC(C)(C)CN1CCSC. The maximum Gasteiger partial charge on any atom is 0.0252 e. The normalized spacial score (nSPS) is 27.9. The molecule has 84 valence electrons. The van der Waals surface area contributed by atoms with Crippen LogP contribution in [0.15, 0.2) is 0 Å². The van der Waals surface area contributed by atoms with Crippen molar-refractivity contribution in [2.45, 2.75) is 38.8 Å². The molecule has 1 aliphatic heterocycles. The summed E-state index contributed by atoms with van der Waals surface area (Å²) in [5, 5.41) is 3.62. The van der Waals surface area contributed by atoms with Gasteiger partial charge in [-0.3, -0.25) is 4.90 Å². The van der Waals surface area contributed by atoms with Crippen molar-refractivity contribution in [3.05, 3.63) is 0 Å². The average molecular weight is 216 g/mol. The Hall–Kier alpha value is 0.270. The first-order valence-electron chi connectivity index (χ1n) is 5.57. The van der Waals surface area contributed by atoms with E-state index in [1.807, 2.05) is 11.8 Å². The van der Waals surface area contributed by atoms with Crippen LogP contribution in [0.1, 0.15) is 27.2 Å². The molecule has 1 rings (SSSR count). The molecule has 0 amide bonds. The van der Waals surface area contributed by atoms with Gasteiger partial charge in [-0.25, -0.2) is 0 Å². The summed E-state index contributed by atoms with van der Waals surface area (Å²) in [7, 11) is 0. The second-order valence-electron chi connectivity index (χ2n) is 4.79. The van der Waals surface area contributed by atoms with E-state index in [9.17, 15) is 0 Å². The first-order valence-corrected chi connectivity index (χ1v) is 6.96. The summed E-state index contributed by atoms with van der Waals surface area (Å²) >= 11 is 1.95. The highest BCUT2D eigenvalue weighted by molar-refractivity contribution is 7.98. The van der Waals surface area contributed by atoms with Gasteiger partial charge >= 0.3 is 0 Å². The highest BCUT2D eigenvalue weighted by Gasteiger charge is 2.30. The number of rotatable bonds is 4. The third-order valence-corrected chi connectivity index (χ3v) is 3.58. The minimum Gasteiger partial charge on any atom is -0.309 e. The zero-order valence-electron chi connectivity index (χ0n) is 9.97. The Balaban J connectivity index is 2.47. The highest BCUT2D eigenvalue weighted by atomic mass is 32.2. The molecule has 14 heavy (non-hydrogen) atoms. The Kier molecular flexibility index (Phi) is 4.74. The fourth-order valence-electron chi connectivity index (χ4n) is 2.09. The van der Waals surface area contributed by atoms with E-state index in [2.05, 4.69) is 37.2 Å². The summed E-state index contributed by atoms with van der Waals surface area (Å²) < 4.78 is 0. The van der Waals surface area contributed by atoms with Gasteiger partial charge in [0.2, 0.25) is 0 Å². The van der Waals surface area contributed by atoms with E-state index in [-0.39, 0.29) is 0 Å². The zero-order chi connectivity index (χ0) is 10.6. The molecule has 1 N–H and O–H groups in total. The van der Waals surface area contributed by atoms with Crippen molar-refractivity contribution in [3.8, 4) is 0 Å². The van der Waals surface area contributed by atoms with Crippen molar-refractivity contribution in [1.29, 1.82) is 0 Å². The Labute approximate surface area is 92.8 Å². The number of nitrogens with zero attached hydrogens (tertiary/aromatic N) is 1. The molecule has 0 aromatic carbocycles. The van der Waals surface area contributed by atoms with Crippen LogP contribution in [0, 0.1) is 0 Å². The number of hydrogen-bond donors (Lipinski definition) is 1. The standard InChI is InChI=1S/C11H24N2S/c1-5-10-8-12-11(2,3)9-13(10)6-7-14-4/h10,12H,5-9H2,1-4H3. The van der Waals surface area contributed by atoms with Gasteiger partial charge in [-0.05, 0) is 26.5 Å². The lowest BCUT2D eigenvalue weighted by atomic mass is 9.98. The number of nitrogens with one attached hydrogen (secondary N) is 1. The summed E-state index contributed by atoms with van der Waals surface area (Å²) in [6.07, 6.45) is 3.45. The Bertz CT molecular complexity index is 171. The molecule has 2 nitrogen and oxygen atoms in total. The molecule has 3 heteroatoms. The van der Waals surface area contributed by atoms with Crippen molar-refractivity contribution < 1.29 is 0 Å². The molecule has 0 aromatic rings. The first kappa shape index (κ1) is 12.3. The minimum atomic E-state index is 0.296. The predicted octanol–water partition coefficient (Wildman–Crippen LogP) is 1.81. The van der Waals surface area contributed by atoms with Gasteiger partial charge in [-0.1, -0.05) is 6.92 Å². The minimum absolute atomic E-state index is 0.296. The summed E-state index contributed by atoms with van der Waals surface area (Å²) in [5.41, 5.74) is 0.296. The molecule has 1 saturated heterocycles. The number of piperazine rings is 1. The maximum absolute atomic E-state index is 3.62. The lowest BCUT2D eigenvalue weighted by Gasteiger charge is -2.44. The van der Waals surface area contributed by atoms with E-state index in [0.29, 0.717) is 5.54 Å². The second-order valence-corrected chi connectivity index (χ2v) is 5.78. The molecule has 0 radical (unpaired) electrons. The number of hydrogen-bond acceptors (Lipinski definition) is 3. The van der Waals surface area contributed by atoms with Gasteiger partial charge in [0, 0.05) is 37.0 Å². The largest absolute Gasteiger partial charge is 0.309 e. The fourth-order valence-corrected chi connectivity index (χ4v) is 2.51. The number of thioether (sulfide) groups is 1. The summed E-state index contributed by atoms with van der Waals surface area (Å²) in [5.74, 6) is 1.26. The van der Waals surface area contributed by atoms with E-state index in [0.717, 1.165) is 12.6 Å². The molecule has 1 atom stereocenters. The molecule has 0 saturated carbocycles. The van der Waals surface area contributed by atoms with Crippen LogP contribution in [0.3, 0.4) is 0 Å². The lowest BCUT2D eigenvalue weighted by molar-refractivity contribution is 0.0996. The van der Waals surface area contributed by atoms with Gasteiger partial charge in [-0.15, -0.1) is 0 Å². The van der Waals surface area contributed by atoms with E-state index in [4.69, 9.17) is 0 Å². The van der Waals surface area contributed by atoms with Crippen molar-refractivity contribution in [2.24, 2.45) is 0 Å². The van der Waals surface area contributed by atoms with Crippen LogP contribution in [0.4, 0.5) is 0 Å². The molecule has 1 heterocycles. The van der Waals surface area contributed by atoms with Gasteiger partial charge in [-0.2, -0.15) is 11.8 Å². The average Bonchev–Trinajstić information content (AvgIpc) is 2.14. The lowest BCUT2D eigenvalue weighted by Crippen LogP contribution is -2.61. The highest BCUT2D eigenvalue weighted by Crippen LogP contribution is 2.17. The summed E-state index contributed by atoms with van der Waals surface area (Å²) in [4.78, 5) is 2.65. The molecule has 1 aliphatic rings. The van der Waals surface area contributed by atoms with Crippen LogP contribution in [0.2, 0.25) is 0 Å². The van der Waals surface area contributed by atoms with Crippen molar-refractivity contribution in [3.63, 3.8) is 0 Å². The van der Waals surface area contributed by atoms with E-state index < -0.39 is 0 Å². The fraction of sp³-hybridized carbons (Fsp3) is 1.00. The van der Waals surface area contributed by atoms with Gasteiger partial charge in [0.15, 0.2) is 0 Å².